The first-order valence-electron chi connectivity index (χ1n) is 6.95. The molecule has 1 N–H and O–H groups in total. The van der Waals surface area contributed by atoms with E-state index in [0.717, 1.165) is 32.0 Å². The van der Waals surface area contributed by atoms with Crippen molar-refractivity contribution in [2.45, 2.75) is 0 Å². The summed E-state index contributed by atoms with van der Waals surface area (Å²) in [6.07, 6.45) is 0. The maximum Gasteiger partial charge on any atom is 0.178 e. The molecule has 0 atom stereocenters. The van der Waals surface area contributed by atoms with Crippen molar-refractivity contribution < 1.29 is 5.21 Å². The molecule has 0 radical (unpaired) electrons. The molecule has 0 amide bonds. The molecule has 0 aliphatic heterocycles. The van der Waals surface area contributed by atoms with Crippen LogP contribution in [0.4, 0.5) is 0 Å². The zero-order chi connectivity index (χ0) is 15.1. The average molecular weight is 304 g/mol. The third kappa shape index (κ3) is 1.89. The SMILES string of the molecule is On1c(-c2cccc3ccccc23)nc2ccccc2c1=S. The Hall–Kier alpha value is -2.72. The summed E-state index contributed by atoms with van der Waals surface area (Å²) in [7, 11) is 0. The molecule has 4 rings (SSSR count). The number of hydrogen-bond acceptors (Lipinski definition) is 3. The highest BCUT2D eigenvalue weighted by Gasteiger charge is 2.12. The van der Waals surface area contributed by atoms with Gasteiger partial charge in [0.05, 0.1) is 5.52 Å². The zero-order valence-electron chi connectivity index (χ0n) is 11.6. The number of hydrogen-bond donors (Lipinski definition) is 1. The molecule has 106 valence electrons. The van der Waals surface area contributed by atoms with Gasteiger partial charge in [-0.1, -0.05) is 66.8 Å². The molecular weight excluding hydrogens is 292 g/mol. The third-order valence-corrected chi connectivity index (χ3v) is 4.18. The van der Waals surface area contributed by atoms with Crippen molar-refractivity contribution in [3.8, 4) is 11.4 Å². The van der Waals surface area contributed by atoms with Crippen LogP contribution in [-0.4, -0.2) is 14.9 Å². The van der Waals surface area contributed by atoms with E-state index in [0.29, 0.717) is 10.5 Å². The fourth-order valence-electron chi connectivity index (χ4n) is 2.72. The molecule has 1 aromatic heterocycles. The van der Waals surface area contributed by atoms with E-state index < -0.39 is 0 Å². The van der Waals surface area contributed by atoms with Gasteiger partial charge in [-0.25, -0.2) is 4.98 Å². The minimum Gasteiger partial charge on any atom is -0.426 e. The van der Waals surface area contributed by atoms with Crippen LogP contribution in [0.1, 0.15) is 0 Å². The van der Waals surface area contributed by atoms with Gasteiger partial charge < -0.3 is 5.21 Å². The van der Waals surface area contributed by atoms with Crippen molar-refractivity contribution in [3.63, 3.8) is 0 Å². The Labute approximate surface area is 132 Å². The highest BCUT2D eigenvalue weighted by atomic mass is 32.1. The second kappa shape index (κ2) is 4.93. The molecule has 0 saturated carbocycles. The van der Waals surface area contributed by atoms with Gasteiger partial charge in [-0.2, -0.15) is 4.73 Å². The van der Waals surface area contributed by atoms with Crippen molar-refractivity contribution >= 4 is 33.9 Å². The Morgan fingerprint density at radius 2 is 1.50 bits per heavy atom. The summed E-state index contributed by atoms with van der Waals surface area (Å²) in [5.41, 5.74) is 1.64. The first-order chi connectivity index (χ1) is 10.8. The molecule has 0 unspecified atom stereocenters. The second-order valence-corrected chi connectivity index (χ2v) is 5.48. The summed E-state index contributed by atoms with van der Waals surface area (Å²) >= 11 is 5.38. The summed E-state index contributed by atoms with van der Waals surface area (Å²) in [5, 5.41) is 13.4. The molecule has 4 heteroatoms. The maximum atomic E-state index is 10.5. The molecule has 3 nitrogen and oxygen atoms in total. The lowest BCUT2D eigenvalue weighted by Gasteiger charge is -2.11. The minimum absolute atomic E-state index is 0.369. The van der Waals surface area contributed by atoms with Crippen LogP contribution in [-0.2, 0) is 0 Å². The normalized spacial score (nSPS) is 11.1. The lowest BCUT2D eigenvalue weighted by Crippen LogP contribution is -2.04. The number of nitrogens with zero attached hydrogens (tertiary/aromatic N) is 2. The topological polar surface area (TPSA) is 38.0 Å². The molecule has 22 heavy (non-hydrogen) atoms. The average Bonchev–Trinajstić information content (AvgIpc) is 2.58. The van der Waals surface area contributed by atoms with E-state index in [1.807, 2.05) is 66.7 Å². The zero-order valence-corrected chi connectivity index (χ0v) is 12.4. The Bertz CT molecular complexity index is 1060. The van der Waals surface area contributed by atoms with Crippen LogP contribution in [0.3, 0.4) is 0 Å². The number of para-hydroxylation sites is 1. The largest absolute Gasteiger partial charge is 0.426 e. The quantitative estimate of drug-likeness (QED) is 0.404. The van der Waals surface area contributed by atoms with E-state index in [-0.39, 0.29) is 0 Å². The van der Waals surface area contributed by atoms with Crippen LogP contribution in [0.2, 0.25) is 0 Å². The Kier molecular flexibility index (Phi) is 2.91. The highest BCUT2D eigenvalue weighted by molar-refractivity contribution is 7.71. The molecule has 0 aliphatic rings. The van der Waals surface area contributed by atoms with E-state index in [1.54, 1.807) is 0 Å². The first kappa shape index (κ1) is 13.0. The molecule has 0 bridgehead atoms. The Balaban J connectivity index is 2.13. The van der Waals surface area contributed by atoms with E-state index in [4.69, 9.17) is 12.2 Å². The summed E-state index contributed by atoms with van der Waals surface area (Å²) < 4.78 is 1.37. The molecule has 0 aliphatic carbocycles. The number of rotatable bonds is 1. The standard InChI is InChI=1S/C18H12N2OS/c21-20-17(19-16-11-4-3-9-15(16)18(20)22)14-10-5-7-12-6-1-2-8-13(12)14/h1-11,21H. The van der Waals surface area contributed by atoms with Gasteiger partial charge in [0.1, 0.15) is 0 Å². The van der Waals surface area contributed by atoms with Crippen molar-refractivity contribution in [1.29, 1.82) is 0 Å². The first-order valence-corrected chi connectivity index (χ1v) is 7.36. The van der Waals surface area contributed by atoms with Gasteiger partial charge in [-0.05, 0) is 22.9 Å². The van der Waals surface area contributed by atoms with Gasteiger partial charge in [-0.3, -0.25) is 0 Å². The predicted molar refractivity (Wildman–Crippen MR) is 90.7 cm³/mol. The number of aromatic nitrogens is 2. The third-order valence-electron chi connectivity index (χ3n) is 3.78. The van der Waals surface area contributed by atoms with Crippen LogP contribution in [0.25, 0.3) is 33.1 Å². The summed E-state index contributed by atoms with van der Waals surface area (Å²) in [4.78, 5) is 4.60. The molecule has 4 aromatic rings. The monoisotopic (exact) mass is 304 g/mol. The van der Waals surface area contributed by atoms with Gasteiger partial charge in [-0.15, -0.1) is 0 Å². The predicted octanol–water partition coefficient (Wildman–Crippen LogP) is 4.82. The summed E-state index contributed by atoms with van der Waals surface area (Å²) in [6, 6.07) is 21.5. The van der Waals surface area contributed by atoms with E-state index in [9.17, 15) is 5.21 Å². The molecule has 0 spiro atoms. The Morgan fingerprint density at radius 3 is 2.36 bits per heavy atom. The molecule has 1 heterocycles. The number of benzene rings is 3. The van der Waals surface area contributed by atoms with Gasteiger partial charge in [0, 0.05) is 10.9 Å². The molecule has 3 aromatic carbocycles. The van der Waals surface area contributed by atoms with Gasteiger partial charge in [0.2, 0.25) is 0 Å². The van der Waals surface area contributed by atoms with E-state index in [2.05, 4.69) is 4.98 Å². The molecular formula is C18H12N2OS. The smallest absolute Gasteiger partial charge is 0.178 e. The van der Waals surface area contributed by atoms with Crippen LogP contribution >= 0.6 is 12.2 Å². The lowest BCUT2D eigenvalue weighted by atomic mass is 10.0. The second-order valence-electron chi connectivity index (χ2n) is 5.10. The highest BCUT2D eigenvalue weighted by Crippen LogP contribution is 2.28. The molecule has 0 fully saturated rings. The van der Waals surface area contributed by atoms with Crippen molar-refractivity contribution in [2.75, 3.05) is 0 Å². The van der Waals surface area contributed by atoms with Crippen LogP contribution in [0, 0.1) is 4.64 Å². The molecule has 0 saturated heterocycles. The maximum absolute atomic E-state index is 10.5. The minimum atomic E-state index is 0.369. The van der Waals surface area contributed by atoms with Crippen LogP contribution in [0.5, 0.6) is 0 Å². The van der Waals surface area contributed by atoms with Crippen molar-refractivity contribution in [2.24, 2.45) is 0 Å². The fourth-order valence-corrected chi connectivity index (χ4v) is 2.98. The van der Waals surface area contributed by atoms with Crippen LogP contribution < -0.4 is 0 Å². The fraction of sp³-hybridized carbons (Fsp3) is 0. The van der Waals surface area contributed by atoms with Crippen molar-refractivity contribution in [1.82, 2.24) is 9.71 Å². The Morgan fingerprint density at radius 1 is 0.818 bits per heavy atom. The van der Waals surface area contributed by atoms with E-state index in [1.165, 1.54) is 0 Å². The van der Waals surface area contributed by atoms with E-state index >= 15 is 0 Å². The van der Waals surface area contributed by atoms with Crippen LogP contribution in [0.15, 0.2) is 66.7 Å². The van der Waals surface area contributed by atoms with Crippen molar-refractivity contribution in [3.05, 3.63) is 71.4 Å². The lowest BCUT2D eigenvalue weighted by molar-refractivity contribution is 0.184. The van der Waals surface area contributed by atoms with Gasteiger partial charge in [0.25, 0.3) is 0 Å². The van der Waals surface area contributed by atoms with Gasteiger partial charge in [0.15, 0.2) is 10.5 Å². The summed E-state index contributed by atoms with van der Waals surface area (Å²) in [6.45, 7) is 0. The summed E-state index contributed by atoms with van der Waals surface area (Å²) in [5.74, 6) is 0.459. The van der Waals surface area contributed by atoms with Gasteiger partial charge >= 0.3 is 0 Å². The number of fused-ring (bicyclic) bond motifs is 2.